The van der Waals surface area contributed by atoms with Crippen LogP contribution in [0.5, 0.6) is 0 Å². The van der Waals surface area contributed by atoms with E-state index in [9.17, 15) is 4.79 Å². The molecular weight excluding hydrogens is 252 g/mol. The van der Waals surface area contributed by atoms with Gasteiger partial charge in [-0.1, -0.05) is 13.3 Å². The van der Waals surface area contributed by atoms with Gasteiger partial charge in [-0.15, -0.1) is 11.3 Å². The van der Waals surface area contributed by atoms with Crippen molar-refractivity contribution in [2.75, 3.05) is 19.8 Å². The fourth-order valence-corrected chi connectivity index (χ4v) is 2.18. The molecule has 0 aliphatic heterocycles. The maximum absolute atomic E-state index is 11.4. The van der Waals surface area contributed by atoms with E-state index < -0.39 is 0 Å². The molecule has 102 valence electrons. The van der Waals surface area contributed by atoms with Crippen molar-refractivity contribution in [3.05, 3.63) is 21.9 Å². The molecule has 0 aliphatic carbocycles. The fraction of sp³-hybridized carbons (Fsp3) is 0.583. The van der Waals surface area contributed by atoms with Gasteiger partial charge in [0.1, 0.15) is 0 Å². The van der Waals surface area contributed by atoms with E-state index in [1.54, 1.807) is 0 Å². The third kappa shape index (κ3) is 5.14. The number of carbonyl (C=O) groups excluding carboxylic acids is 1. The van der Waals surface area contributed by atoms with Crippen LogP contribution < -0.4 is 11.3 Å². The maximum atomic E-state index is 11.4. The highest BCUT2D eigenvalue weighted by molar-refractivity contribution is 7.12. The molecule has 0 aliphatic rings. The number of hydrogen-bond acceptors (Lipinski definition) is 5. The Bertz CT molecular complexity index is 355. The third-order valence-electron chi connectivity index (χ3n) is 2.36. The number of hydrazine groups is 1. The Kier molecular flexibility index (Phi) is 7.59. The molecule has 0 saturated carbocycles. The molecule has 6 heteroatoms. The summed E-state index contributed by atoms with van der Waals surface area (Å²) >= 11 is 1.35. The van der Waals surface area contributed by atoms with Crippen molar-refractivity contribution in [3.8, 4) is 0 Å². The van der Waals surface area contributed by atoms with Gasteiger partial charge >= 0.3 is 0 Å². The predicted molar refractivity (Wildman–Crippen MR) is 71.4 cm³/mol. The Morgan fingerprint density at radius 1 is 1.39 bits per heavy atom. The van der Waals surface area contributed by atoms with E-state index in [-0.39, 0.29) is 5.91 Å². The highest BCUT2D eigenvalue weighted by Gasteiger charge is 2.11. The molecule has 1 rings (SSSR count). The first-order valence-electron chi connectivity index (χ1n) is 6.02. The van der Waals surface area contributed by atoms with E-state index in [0.717, 1.165) is 25.0 Å². The number of thiophene rings is 1. The molecule has 1 heterocycles. The van der Waals surface area contributed by atoms with Crippen molar-refractivity contribution in [1.82, 2.24) is 5.43 Å². The van der Waals surface area contributed by atoms with Crippen molar-refractivity contribution >= 4 is 17.2 Å². The first kappa shape index (κ1) is 15.1. The van der Waals surface area contributed by atoms with E-state index in [1.165, 1.54) is 11.3 Å². The van der Waals surface area contributed by atoms with Gasteiger partial charge in [-0.05, 0) is 17.9 Å². The van der Waals surface area contributed by atoms with Gasteiger partial charge in [-0.2, -0.15) is 0 Å². The molecule has 1 aromatic heterocycles. The van der Waals surface area contributed by atoms with Gasteiger partial charge in [0.15, 0.2) is 0 Å². The lowest BCUT2D eigenvalue weighted by Gasteiger charge is -2.06. The summed E-state index contributed by atoms with van der Waals surface area (Å²) in [5.41, 5.74) is 2.98. The van der Waals surface area contributed by atoms with E-state index in [4.69, 9.17) is 15.3 Å². The number of amides is 1. The largest absolute Gasteiger partial charge is 0.379 e. The Hall–Kier alpha value is -0.950. The number of unbranched alkanes of at least 4 members (excludes halogenated alkanes) is 1. The first-order valence-corrected chi connectivity index (χ1v) is 6.90. The quantitative estimate of drug-likeness (QED) is 0.310. The van der Waals surface area contributed by atoms with E-state index in [2.05, 4.69) is 12.3 Å². The summed E-state index contributed by atoms with van der Waals surface area (Å²) in [6, 6.07) is 1.87. The van der Waals surface area contributed by atoms with Crippen LogP contribution in [0.2, 0.25) is 0 Å². The second-order valence-electron chi connectivity index (χ2n) is 3.77. The molecule has 0 unspecified atom stereocenters. The van der Waals surface area contributed by atoms with Crippen LogP contribution in [0.3, 0.4) is 0 Å². The summed E-state index contributed by atoms with van der Waals surface area (Å²) in [6.45, 7) is 4.43. The van der Waals surface area contributed by atoms with Crippen molar-refractivity contribution in [1.29, 1.82) is 0 Å². The van der Waals surface area contributed by atoms with Crippen molar-refractivity contribution in [2.24, 2.45) is 5.84 Å². The van der Waals surface area contributed by atoms with Crippen molar-refractivity contribution < 1.29 is 14.3 Å². The summed E-state index contributed by atoms with van der Waals surface area (Å²) in [5.74, 6) is 4.83. The molecule has 0 fully saturated rings. The van der Waals surface area contributed by atoms with Gasteiger partial charge in [0.25, 0.3) is 5.91 Å². The second kappa shape index (κ2) is 9.04. The maximum Gasteiger partial charge on any atom is 0.275 e. The van der Waals surface area contributed by atoms with Gasteiger partial charge < -0.3 is 9.47 Å². The zero-order valence-corrected chi connectivity index (χ0v) is 11.4. The summed E-state index contributed by atoms with van der Waals surface area (Å²) in [7, 11) is 0. The molecular formula is C12H20N2O3S. The summed E-state index contributed by atoms with van der Waals surface area (Å²) in [4.78, 5) is 12.0. The average Bonchev–Trinajstić information content (AvgIpc) is 2.85. The number of hydrogen-bond donors (Lipinski definition) is 2. The van der Waals surface area contributed by atoms with Crippen LogP contribution in [0.4, 0.5) is 0 Å². The van der Waals surface area contributed by atoms with E-state index in [1.807, 2.05) is 11.4 Å². The SMILES string of the molecule is CCCCOCCOCc1ccsc1C(=O)NN. The third-order valence-corrected chi connectivity index (χ3v) is 3.31. The summed E-state index contributed by atoms with van der Waals surface area (Å²) in [5, 5.41) is 1.85. The minimum absolute atomic E-state index is 0.275. The molecule has 18 heavy (non-hydrogen) atoms. The normalized spacial score (nSPS) is 10.6. The summed E-state index contributed by atoms with van der Waals surface area (Å²) in [6.07, 6.45) is 2.21. The lowest BCUT2D eigenvalue weighted by atomic mass is 10.2. The number of rotatable bonds is 9. The minimum Gasteiger partial charge on any atom is -0.379 e. The Morgan fingerprint density at radius 2 is 2.17 bits per heavy atom. The fourth-order valence-electron chi connectivity index (χ4n) is 1.36. The molecule has 0 atom stereocenters. The van der Waals surface area contributed by atoms with Gasteiger partial charge in [0.05, 0.1) is 24.7 Å². The number of nitrogens with one attached hydrogen (secondary N) is 1. The molecule has 1 aromatic rings. The minimum atomic E-state index is -0.275. The van der Waals surface area contributed by atoms with Crippen molar-refractivity contribution in [2.45, 2.75) is 26.4 Å². The average molecular weight is 272 g/mol. The second-order valence-corrected chi connectivity index (χ2v) is 4.68. The molecule has 3 N–H and O–H groups in total. The van der Waals surface area contributed by atoms with Crippen LogP contribution in [-0.2, 0) is 16.1 Å². The molecule has 0 bridgehead atoms. The summed E-state index contributed by atoms with van der Waals surface area (Å²) < 4.78 is 10.8. The van der Waals surface area contributed by atoms with Crippen molar-refractivity contribution in [3.63, 3.8) is 0 Å². The van der Waals surface area contributed by atoms with Gasteiger partial charge in [-0.3, -0.25) is 10.2 Å². The molecule has 0 radical (unpaired) electrons. The topological polar surface area (TPSA) is 73.6 Å². The van der Waals surface area contributed by atoms with Crippen LogP contribution in [0.1, 0.15) is 35.0 Å². The number of carbonyl (C=O) groups is 1. The van der Waals surface area contributed by atoms with E-state index in [0.29, 0.717) is 24.7 Å². The van der Waals surface area contributed by atoms with Crippen LogP contribution in [-0.4, -0.2) is 25.7 Å². The van der Waals surface area contributed by atoms with Gasteiger partial charge in [0.2, 0.25) is 0 Å². The Morgan fingerprint density at radius 3 is 2.89 bits per heavy atom. The lowest BCUT2D eigenvalue weighted by Crippen LogP contribution is -2.30. The number of ether oxygens (including phenoxy) is 2. The molecule has 1 amide bonds. The van der Waals surface area contributed by atoms with Crippen LogP contribution in [0.25, 0.3) is 0 Å². The Balaban J connectivity index is 2.19. The smallest absolute Gasteiger partial charge is 0.275 e. The van der Waals surface area contributed by atoms with Crippen LogP contribution in [0.15, 0.2) is 11.4 Å². The zero-order valence-electron chi connectivity index (χ0n) is 10.6. The first-order chi connectivity index (χ1) is 8.79. The molecule has 0 saturated heterocycles. The highest BCUT2D eigenvalue weighted by Crippen LogP contribution is 2.17. The van der Waals surface area contributed by atoms with E-state index >= 15 is 0 Å². The number of nitrogens with two attached hydrogens (primary N) is 1. The number of nitrogen functional groups attached to an aromatic ring is 1. The standard InChI is InChI=1S/C12H20N2O3S/c1-2-3-5-16-6-7-17-9-10-4-8-18-11(10)12(15)14-13/h4,8H,2-3,5-7,9,13H2,1H3,(H,14,15). The van der Waals surface area contributed by atoms with Crippen LogP contribution in [0, 0.1) is 0 Å². The van der Waals surface area contributed by atoms with Gasteiger partial charge in [0, 0.05) is 12.2 Å². The van der Waals surface area contributed by atoms with Gasteiger partial charge in [-0.25, -0.2) is 5.84 Å². The molecule has 0 spiro atoms. The molecule has 5 nitrogen and oxygen atoms in total. The van der Waals surface area contributed by atoms with Crippen LogP contribution >= 0.6 is 11.3 Å². The predicted octanol–water partition coefficient (Wildman–Crippen LogP) is 1.68. The highest BCUT2D eigenvalue weighted by atomic mass is 32.1. The monoisotopic (exact) mass is 272 g/mol. The molecule has 0 aromatic carbocycles. The Labute approximate surface area is 111 Å². The zero-order chi connectivity index (χ0) is 13.2. The lowest BCUT2D eigenvalue weighted by molar-refractivity contribution is 0.0395.